The van der Waals surface area contributed by atoms with Gasteiger partial charge in [0, 0.05) is 32.0 Å². The van der Waals surface area contributed by atoms with Gasteiger partial charge in [-0.15, -0.1) is 0 Å². The zero-order chi connectivity index (χ0) is 17.6. The predicted molar refractivity (Wildman–Crippen MR) is 95.8 cm³/mol. The highest BCUT2D eigenvalue weighted by Crippen LogP contribution is 2.15. The summed E-state index contributed by atoms with van der Waals surface area (Å²) in [5.74, 6) is -0.0120. The van der Waals surface area contributed by atoms with Gasteiger partial charge in [0.1, 0.15) is 6.04 Å². The molecule has 3 rings (SSSR count). The Balaban J connectivity index is 1.60. The van der Waals surface area contributed by atoms with E-state index >= 15 is 0 Å². The summed E-state index contributed by atoms with van der Waals surface area (Å²) in [4.78, 5) is 14.9. The van der Waals surface area contributed by atoms with E-state index in [-0.39, 0.29) is 11.9 Å². The van der Waals surface area contributed by atoms with Crippen LogP contribution >= 0.6 is 0 Å². The monoisotopic (exact) mass is 344 g/mol. The molecule has 1 aliphatic heterocycles. The molecule has 1 atom stereocenters. The third kappa shape index (κ3) is 4.28. The zero-order valence-electron chi connectivity index (χ0n) is 15.2. The van der Waals surface area contributed by atoms with Crippen molar-refractivity contribution in [3.63, 3.8) is 0 Å². The lowest BCUT2D eigenvalue weighted by Crippen LogP contribution is -2.32. The van der Waals surface area contributed by atoms with E-state index in [0.717, 1.165) is 38.3 Å². The average molecular weight is 344 g/mol. The number of aryl methyl sites for hydroxylation is 1. The zero-order valence-corrected chi connectivity index (χ0v) is 15.2. The molecule has 0 radical (unpaired) electrons. The summed E-state index contributed by atoms with van der Waals surface area (Å²) in [6.45, 7) is 8.82. The molecule has 0 fully saturated rings. The molecule has 2 aromatic rings. The summed E-state index contributed by atoms with van der Waals surface area (Å²) in [6, 6.07) is 3.70. The van der Waals surface area contributed by atoms with Crippen molar-refractivity contribution >= 4 is 5.91 Å². The molecule has 7 heteroatoms. The van der Waals surface area contributed by atoms with Crippen molar-refractivity contribution in [3.05, 3.63) is 35.9 Å². The first kappa shape index (κ1) is 17.7. The van der Waals surface area contributed by atoms with Crippen molar-refractivity contribution in [2.45, 2.75) is 58.8 Å². The number of hydrogen-bond donors (Lipinski definition) is 1. The van der Waals surface area contributed by atoms with Gasteiger partial charge in [-0.2, -0.15) is 10.2 Å². The van der Waals surface area contributed by atoms with Crippen LogP contribution in [0.5, 0.6) is 0 Å². The van der Waals surface area contributed by atoms with E-state index in [4.69, 9.17) is 0 Å². The average Bonchev–Trinajstić information content (AvgIpc) is 3.21. The van der Waals surface area contributed by atoms with Gasteiger partial charge in [0.2, 0.25) is 5.91 Å². The molecule has 3 heterocycles. The molecule has 0 bridgehead atoms. The molecule has 0 spiro atoms. The molecule has 0 saturated carbocycles. The van der Waals surface area contributed by atoms with Crippen LogP contribution in [0.1, 0.15) is 50.5 Å². The normalized spacial score (nSPS) is 16.2. The first-order valence-corrected chi connectivity index (χ1v) is 9.26. The van der Waals surface area contributed by atoms with Crippen LogP contribution < -0.4 is 5.32 Å². The first-order valence-electron chi connectivity index (χ1n) is 9.26. The maximum Gasteiger partial charge on any atom is 0.245 e. The molecule has 0 saturated heterocycles. The number of carbonyl (C=O) groups excluding carboxylic acids is 1. The second-order valence-electron chi connectivity index (χ2n) is 6.61. The van der Waals surface area contributed by atoms with E-state index in [1.165, 1.54) is 12.1 Å². The summed E-state index contributed by atoms with van der Waals surface area (Å²) < 4.78 is 3.81. The summed E-state index contributed by atoms with van der Waals surface area (Å²) in [7, 11) is 0. The second-order valence-corrected chi connectivity index (χ2v) is 6.61. The van der Waals surface area contributed by atoms with Crippen LogP contribution in [0, 0.1) is 0 Å². The van der Waals surface area contributed by atoms with Crippen molar-refractivity contribution in [3.8, 4) is 0 Å². The highest BCUT2D eigenvalue weighted by atomic mass is 16.2. The number of amides is 1. The van der Waals surface area contributed by atoms with Gasteiger partial charge in [-0.05, 0) is 37.9 Å². The molecule has 25 heavy (non-hydrogen) atoms. The van der Waals surface area contributed by atoms with E-state index in [0.29, 0.717) is 13.0 Å². The standard InChI is InChI=1S/C18H28N6O/c1-3-8-22-9-6-11-23-16(14-22)12-15(21-23)13-19-18(25)17(4-2)24-10-5-7-20-24/h5,7,10,12,17H,3-4,6,8-9,11,13-14H2,1-2H3,(H,19,25)/t17-/m1/s1. The van der Waals surface area contributed by atoms with Crippen molar-refractivity contribution in [2.24, 2.45) is 0 Å². The second kappa shape index (κ2) is 8.29. The fourth-order valence-corrected chi connectivity index (χ4v) is 3.43. The number of nitrogens with one attached hydrogen (secondary N) is 1. The van der Waals surface area contributed by atoms with Gasteiger partial charge in [0.05, 0.1) is 17.9 Å². The number of nitrogens with zero attached hydrogens (tertiary/aromatic N) is 5. The third-order valence-electron chi connectivity index (χ3n) is 4.66. The van der Waals surface area contributed by atoms with Crippen LogP contribution in [-0.4, -0.2) is 43.5 Å². The van der Waals surface area contributed by atoms with Crippen LogP contribution in [0.25, 0.3) is 0 Å². The van der Waals surface area contributed by atoms with Crippen molar-refractivity contribution in [1.29, 1.82) is 0 Å². The van der Waals surface area contributed by atoms with Crippen LogP contribution in [0.3, 0.4) is 0 Å². The first-order chi connectivity index (χ1) is 12.2. The fraction of sp³-hybridized carbons (Fsp3) is 0.611. The van der Waals surface area contributed by atoms with E-state index in [9.17, 15) is 4.79 Å². The SMILES string of the molecule is CCCN1CCCn2nc(CNC(=O)[C@@H](CC)n3cccn3)cc2C1. The smallest absolute Gasteiger partial charge is 0.245 e. The van der Waals surface area contributed by atoms with E-state index in [1.54, 1.807) is 10.9 Å². The Morgan fingerprint density at radius 2 is 2.24 bits per heavy atom. The number of carbonyl (C=O) groups is 1. The van der Waals surface area contributed by atoms with Gasteiger partial charge >= 0.3 is 0 Å². The topological polar surface area (TPSA) is 68.0 Å². The van der Waals surface area contributed by atoms with E-state index in [2.05, 4.69) is 38.1 Å². The lowest BCUT2D eigenvalue weighted by Gasteiger charge is -2.17. The molecule has 1 amide bonds. The Kier molecular flexibility index (Phi) is 5.86. The van der Waals surface area contributed by atoms with Gasteiger partial charge in [0.25, 0.3) is 0 Å². The molecular weight excluding hydrogens is 316 g/mol. The number of aromatic nitrogens is 4. The van der Waals surface area contributed by atoms with Crippen LogP contribution in [0.2, 0.25) is 0 Å². The molecule has 0 aliphatic carbocycles. The fourth-order valence-electron chi connectivity index (χ4n) is 3.43. The number of hydrogen-bond acceptors (Lipinski definition) is 4. The molecular formula is C18H28N6O. The maximum absolute atomic E-state index is 12.5. The number of rotatable bonds is 7. The van der Waals surface area contributed by atoms with Crippen molar-refractivity contribution in [1.82, 2.24) is 29.8 Å². The molecule has 2 aromatic heterocycles. The van der Waals surface area contributed by atoms with Gasteiger partial charge in [-0.25, -0.2) is 0 Å². The van der Waals surface area contributed by atoms with E-state index < -0.39 is 0 Å². The van der Waals surface area contributed by atoms with Crippen molar-refractivity contribution < 1.29 is 4.79 Å². The summed E-state index contributed by atoms with van der Waals surface area (Å²) in [5.41, 5.74) is 2.17. The van der Waals surface area contributed by atoms with Gasteiger partial charge < -0.3 is 5.32 Å². The Labute approximate surface area is 149 Å². The van der Waals surface area contributed by atoms with Crippen LogP contribution in [-0.2, 0) is 24.4 Å². The molecule has 0 aromatic carbocycles. The molecule has 7 nitrogen and oxygen atoms in total. The highest BCUT2D eigenvalue weighted by Gasteiger charge is 2.20. The Hall–Kier alpha value is -2.15. The minimum Gasteiger partial charge on any atom is -0.349 e. The lowest BCUT2D eigenvalue weighted by atomic mass is 10.2. The Bertz CT molecular complexity index is 678. The van der Waals surface area contributed by atoms with E-state index in [1.807, 2.05) is 19.2 Å². The number of fused-ring (bicyclic) bond motifs is 1. The molecule has 1 N–H and O–H groups in total. The lowest BCUT2D eigenvalue weighted by molar-refractivity contribution is -0.124. The largest absolute Gasteiger partial charge is 0.349 e. The molecule has 0 unspecified atom stereocenters. The molecule has 1 aliphatic rings. The minimum atomic E-state index is -0.268. The molecule has 136 valence electrons. The summed E-state index contributed by atoms with van der Waals surface area (Å²) >= 11 is 0. The summed E-state index contributed by atoms with van der Waals surface area (Å²) in [5, 5.41) is 11.9. The minimum absolute atomic E-state index is 0.0120. The maximum atomic E-state index is 12.5. The predicted octanol–water partition coefficient (Wildman–Crippen LogP) is 1.96. The highest BCUT2D eigenvalue weighted by molar-refractivity contribution is 5.80. The van der Waals surface area contributed by atoms with Crippen LogP contribution in [0.15, 0.2) is 24.5 Å². The third-order valence-corrected chi connectivity index (χ3v) is 4.66. The quantitative estimate of drug-likeness (QED) is 0.834. The summed E-state index contributed by atoms with van der Waals surface area (Å²) in [6.07, 6.45) is 6.53. The Morgan fingerprint density at radius 3 is 2.96 bits per heavy atom. The Morgan fingerprint density at radius 1 is 1.36 bits per heavy atom. The van der Waals surface area contributed by atoms with Crippen LogP contribution in [0.4, 0.5) is 0 Å². The van der Waals surface area contributed by atoms with Gasteiger partial charge in [0.15, 0.2) is 0 Å². The van der Waals surface area contributed by atoms with Gasteiger partial charge in [-0.3, -0.25) is 19.1 Å². The van der Waals surface area contributed by atoms with Crippen molar-refractivity contribution in [2.75, 3.05) is 13.1 Å². The van der Waals surface area contributed by atoms with Gasteiger partial charge in [-0.1, -0.05) is 13.8 Å².